The maximum absolute atomic E-state index is 4.62. The number of pyridine rings is 1. The number of rotatable bonds is 6. The number of aryl methyl sites for hydroxylation is 4. The van der Waals surface area contributed by atoms with Gasteiger partial charge < -0.3 is 5.32 Å². The number of hydrogen-bond acceptors (Lipinski definition) is 4. The quantitative estimate of drug-likeness (QED) is 0.831. The highest BCUT2D eigenvalue weighted by molar-refractivity contribution is 7.99. The molecule has 0 bridgehead atoms. The van der Waals surface area contributed by atoms with Gasteiger partial charge in [0.1, 0.15) is 10.1 Å². The van der Waals surface area contributed by atoms with E-state index >= 15 is 0 Å². The maximum atomic E-state index is 4.62. The molecule has 0 unspecified atom stereocenters. The zero-order valence-corrected chi connectivity index (χ0v) is 14.3. The van der Waals surface area contributed by atoms with Gasteiger partial charge in [-0.15, -0.1) is 0 Å². The highest BCUT2D eigenvalue weighted by atomic mass is 32.2. The molecule has 0 spiro atoms. The molecular formula is C16H24N4S. The van der Waals surface area contributed by atoms with E-state index in [2.05, 4.69) is 48.3 Å². The Morgan fingerprint density at radius 1 is 1.24 bits per heavy atom. The van der Waals surface area contributed by atoms with Gasteiger partial charge in [-0.3, -0.25) is 4.68 Å². The first kappa shape index (κ1) is 16.0. The van der Waals surface area contributed by atoms with Crippen LogP contribution in [0.2, 0.25) is 0 Å². The van der Waals surface area contributed by atoms with Gasteiger partial charge in [0.05, 0.1) is 5.69 Å². The van der Waals surface area contributed by atoms with Crippen LogP contribution in [0.25, 0.3) is 0 Å². The smallest absolute Gasteiger partial charge is 0.105 e. The summed E-state index contributed by atoms with van der Waals surface area (Å²) in [5.74, 6) is 0. The zero-order chi connectivity index (χ0) is 15.4. The van der Waals surface area contributed by atoms with Gasteiger partial charge >= 0.3 is 0 Å². The van der Waals surface area contributed by atoms with E-state index in [4.69, 9.17) is 0 Å². The van der Waals surface area contributed by atoms with Crippen LogP contribution in [0, 0.1) is 20.8 Å². The Kier molecular flexibility index (Phi) is 5.42. The van der Waals surface area contributed by atoms with Crippen molar-refractivity contribution in [3.8, 4) is 0 Å². The van der Waals surface area contributed by atoms with Crippen LogP contribution in [0.4, 0.5) is 0 Å². The molecule has 0 aliphatic carbocycles. The molecule has 0 radical (unpaired) electrons. The van der Waals surface area contributed by atoms with Crippen LogP contribution in [-0.4, -0.2) is 21.3 Å². The summed E-state index contributed by atoms with van der Waals surface area (Å²) in [4.78, 5) is 4.62. The molecule has 2 heterocycles. The van der Waals surface area contributed by atoms with Crippen molar-refractivity contribution in [1.29, 1.82) is 0 Å². The lowest BCUT2D eigenvalue weighted by atomic mass is 10.2. The molecule has 2 aromatic heterocycles. The molecular weight excluding hydrogens is 280 g/mol. The monoisotopic (exact) mass is 304 g/mol. The molecule has 0 saturated heterocycles. The second kappa shape index (κ2) is 7.09. The molecule has 21 heavy (non-hydrogen) atoms. The molecule has 0 aliphatic heterocycles. The van der Waals surface area contributed by atoms with Gasteiger partial charge in [-0.25, -0.2) is 4.98 Å². The standard InChI is InChI=1S/C16H24N4S/c1-6-7-17-10-14-13(4)19-20(5)16(14)21-15-9-11(2)8-12(3)18-15/h8-9,17H,6-7,10H2,1-5H3. The Balaban J connectivity index is 2.26. The summed E-state index contributed by atoms with van der Waals surface area (Å²) in [6.07, 6.45) is 1.14. The predicted octanol–water partition coefficient (Wildman–Crippen LogP) is 3.39. The van der Waals surface area contributed by atoms with Gasteiger partial charge in [0, 0.05) is 24.8 Å². The van der Waals surface area contributed by atoms with E-state index < -0.39 is 0 Å². The third-order valence-electron chi connectivity index (χ3n) is 3.29. The summed E-state index contributed by atoms with van der Waals surface area (Å²) in [6.45, 7) is 10.3. The Bertz CT molecular complexity index is 599. The van der Waals surface area contributed by atoms with Crippen LogP contribution in [0.5, 0.6) is 0 Å². The molecule has 5 heteroatoms. The van der Waals surface area contributed by atoms with Crippen molar-refractivity contribution in [2.24, 2.45) is 7.05 Å². The van der Waals surface area contributed by atoms with Gasteiger partial charge in [0.25, 0.3) is 0 Å². The number of hydrogen-bond donors (Lipinski definition) is 1. The Labute approximate surface area is 131 Å². The lowest BCUT2D eigenvalue weighted by molar-refractivity contribution is 0.652. The molecule has 114 valence electrons. The first-order valence-corrected chi connectivity index (χ1v) is 8.19. The van der Waals surface area contributed by atoms with Crippen LogP contribution in [-0.2, 0) is 13.6 Å². The zero-order valence-electron chi connectivity index (χ0n) is 13.5. The second-order valence-corrected chi connectivity index (χ2v) is 6.40. The number of aromatic nitrogens is 3. The molecule has 0 aromatic carbocycles. The summed E-state index contributed by atoms with van der Waals surface area (Å²) in [5, 5.41) is 10.2. The van der Waals surface area contributed by atoms with Crippen LogP contribution in [0.15, 0.2) is 22.2 Å². The second-order valence-electron chi connectivity index (χ2n) is 5.40. The molecule has 0 atom stereocenters. The lowest BCUT2D eigenvalue weighted by Crippen LogP contribution is -2.14. The lowest BCUT2D eigenvalue weighted by Gasteiger charge is -2.08. The minimum atomic E-state index is 0.862. The minimum absolute atomic E-state index is 0.862. The van der Waals surface area contributed by atoms with Crippen LogP contribution < -0.4 is 5.32 Å². The van der Waals surface area contributed by atoms with E-state index in [-0.39, 0.29) is 0 Å². The van der Waals surface area contributed by atoms with E-state index in [1.54, 1.807) is 11.8 Å². The Morgan fingerprint density at radius 3 is 2.67 bits per heavy atom. The van der Waals surface area contributed by atoms with E-state index in [1.807, 2.05) is 18.7 Å². The molecule has 0 amide bonds. The third kappa shape index (κ3) is 4.08. The number of nitrogens with zero attached hydrogens (tertiary/aromatic N) is 3. The average Bonchev–Trinajstić information content (AvgIpc) is 2.64. The average molecular weight is 304 g/mol. The molecule has 0 fully saturated rings. The summed E-state index contributed by atoms with van der Waals surface area (Å²) < 4.78 is 1.96. The maximum Gasteiger partial charge on any atom is 0.105 e. The first-order chi connectivity index (χ1) is 10.0. The minimum Gasteiger partial charge on any atom is -0.313 e. The highest BCUT2D eigenvalue weighted by Gasteiger charge is 2.15. The predicted molar refractivity (Wildman–Crippen MR) is 87.8 cm³/mol. The normalized spacial score (nSPS) is 11.1. The molecule has 4 nitrogen and oxygen atoms in total. The summed E-state index contributed by atoms with van der Waals surface area (Å²) in [6, 6.07) is 4.23. The fourth-order valence-electron chi connectivity index (χ4n) is 2.36. The van der Waals surface area contributed by atoms with Crippen molar-refractivity contribution in [1.82, 2.24) is 20.1 Å². The van der Waals surface area contributed by atoms with Crippen LogP contribution >= 0.6 is 11.8 Å². The fraction of sp³-hybridized carbons (Fsp3) is 0.500. The molecule has 0 saturated carbocycles. The van der Waals surface area contributed by atoms with E-state index in [0.29, 0.717) is 0 Å². The Morgan fingerprint density at radius 2 is 2.00 bits per heavy atom. The molecule has 2 aromatic rings. The van der Waals surface area contributed by atoms with Gasteiger partial charge in [-0.1, -0.05) is 18.7 Å². The molecule has 2 rings (SSSR count). The van der Waals surface area contributed by atoms with Crippen molar-refractivity contribution in [2.45, 2.75) is 50.7 Å². The van der Waals surface area contributed by atoms with E-state index in [0.717, 1.165) is 35.9 Å². The first-order valence-electron chi connectivity index (χ1n) is 7.37. The van der Waals surface area contributed by atoms with Crippen molar-refractivity contribution in [3.63, 3.8) is 0 Å². The Hall–Kier alpha value is -1.33. The van der Waals surface area contributed by atoms with Gasteiger partial charge in [-0.2, -0.15) is 5.10 Å². The largest absolute Gasteiger partial charge is 0.313 e. The van der Waals surface area contributed by atoms with Gasteiger partial charge in [0.2, 0.25) is 0 Å². The van der Waals surface area contributed by atoms with Crippen LogP contribution in [0.3, 0.4) is 0 Å². The van der Waals surface area contributed by atoms with Gasteiger partial charge in [0.15, 0.2) is 0 Å². The summed E-state index contributed by atoms with van der Waals surface area (Å²) in [5.41, 5.74) is 4.67. The summed E-state index contributed by atoms with van der Waals surface area (Å²) >= 11 is 1.70. The van der Waals surface area contributed by atoms with E-state index in [9.17, 15) is 0 Å². The molecule has 0 aliphatic rings. The van der Waals surface area contributed by atoms with Crippen molar-refractivity contribution >= 4 is 11.8 Å². The van der Waals surface area contributed by atoms with Crippen molar-refractivity contribution in [3.05, 3.63) is 34.6 Å². The van der Waals surface area contributed by atoms with Crippen LogP contribution in [0.1, 0.15) is 35.9 Å². The van der Waals surface area contributed by atoms with Crippen molar-refractivity contribution < 1.29 is 0 Å². The van der Waals surface area contributed by atoms with E-state index in [1.165, 1.54) is 16.2 Å². The third-order valence-corrected chi connectivity index (χ3v) is 4.42. The topological polar surface area (TPSA) is 42.7 Å². The highest BCUT2D eigenvalue weighted by Crippen LogP contribution is 2.31. The SMILES string of the molecule is CCCNCc1c(C)nn(C)c1Sc1cc(C)cc(C)n1. The number of nitrogens with one attached hydrogen (secondary N) is 1. The van der Waals surface area contributed by atoms with Crippen molar-refractivity contribution in [2.75, 3.05) is 6.54 Å². The molecule has 1 N–H and O–H groups in total. The van der Waals surface area contributed by atoms with Gasteiger partial charge in [-0.05, 0) is 51.4 Å². The fourth-order valence-corrected chi connectivity index (χ4v) is 3.51. The summed E-state index contributed by atoms with van der Waals surface area (Å²) in [7, 11) is 2.00.